The van der Waals surface area contributed by atoms with Crippen LogP contribution in [0, 0.1) is 0 Å². The Labute approximate surface area is 126 Å². The van der Waals surface area contributed by atoms with Crippen molar-refractivity contribution in [3.63, 3.8) is 0 Å². The maximum absolute atomic E-state index is 12.1. The number of amides is 1. The Morgan fingerprint density at radius 2 is 2.00 bits per heavy atom. The molecule has 1 heterocycles. The summed E-state index contributed by atoms with van der Waals surface area (Å²) < 4.78 is 5.42. The number of rotatable bonds is 3. The number of aliphatic hydroxyl groups is 1. The lowest BCUT2D eigenvalue weighted by Gasteiger charge is -2.24. The van der Waals surface area contributed by atoms with Gasteiger partial charge < -0.3 is 14.7 Å². The lowest BCUT2D eigenvalue weighted by atomic mass is 9.97. The molecule has 1 atom stereocenters. The third kappa shape index (κ3) is 4.46. The average Bonchev–Trinajstić information content (AvgIpc) is 2.88. The summed E-state index contributed by atoms with van der Waals surface area (Å²) in [5.41, 5.74) is 1.95. The van der Waals surface area contributed by atoms with Gasteiger partial charge in [-0.1, -0.05) is 24.3 Å². The van der Waals surface area contributed by atoms with Crippen molar-refractivity contribution in [3.05, 3.63) is 35.4 Å². The predicted octanol–water partition coefficient (Wildman–Crippen LogP) is 2.95. The molecule has 1 fully saturated rings. The Balaban J connectivity index is 1.94. The van der Waals surface area contributed by atoms with Gasteiger partial charge in [-0.15, -0.1) is 0 Å². The second kappa shape index (κ2) is 6.48. The summed E-state index contributed by atoms with van der Waals surface area (Å²) >= 11 is 0. The first-order valence-corrected chi connectivity index (χ1v) is 7.56. The van der Waals surface area contributed by atoms with Gasteiger partial charge in [0.25, 0.3) is 0 Å². The molecule has 0 radical (unpaired) electrons. The van der Waals surface area contributed by atoms with Gasteiger partial charge in [-0.25, -0.2) is 4.79 Å². The van der Waals surface area contributed by atoms with E-state index in [4.69, 9.17) is 9.84 Å². The van der Waals surface area contributed by atoms with Crippen LogP contribution < -0.4 is 0 Å². The summed E-state index contributed by atoms with van der Waals surface area (Å²) in [5, 5.41) is 8.93. The fourth-order valence-electron chi connectivity index (χ4n) is 2.61. The summed E-state index contributed by atoms with van der Waals surface area (Å²) in [6, 6.07) is 8.33. The SMILES string of the molecule is CC(C)(C)OC(=O)N1CCC(c2ccc(CCO)cc2)C1. The molecule has 0 bridgehead atoms. The molecule has 1 unspecified atom stereocenters. The zero-order chi connectivity index (χ0) is 15.5. The highest BCUT2D eigenvalue weighted by atomic mass is 16.6. The van der Waals surface area contributed by atoms with Crippen LogP contribution in [0.5, 0.6) is 0 Å². The minimum atomic E-state index is -0.443. The highest BCUT2D eigenvalue weighted by Crippen LogP contribution is 2.28. The number of ether oxygens (including phenoxy) is 1. The Kier molecular flexibility index (Phi) is 4.88. The molecule has 1 N–H and O–H groups in total. The van der Waals surface area contributed by atoms with Crippen LogP contribution in [0.2, 0.25) is 0 Å². The van der Waals surface area contributed by atoms with E-state index in [1.807, 2.05) is 20.8 Å². The lowest BCUT2D eigenvalue weighted by Crippen LogP contribution is -2.35. The summed E-state index contributed by atoms with van der Waals surface area (Å²) in [6.45, 7) is 7.30. The standard InChI is InChI=1S/C17H25NO3/c1-17(2,3)21-16(20)18-10-8-15(12-18)14-6-4-13(5-7-14)9-11-19/h4-7,15,19H,8-12H2,1-3H3. The molecule has 1 aliphatic rings. The van der Waals surface area contributed by atoms with E-state index in [1.54, 1.807) is 4.90 Å². The number of nitrogens with zero attached hydrogens (tertiary/aromatic N) is 1. The number of hydrogen-bond donors (Lipinski definition) is 1. The second-order valence-electron chi connectivity index (χ2n) is 6.63. The van der Waals surface area contributed by atoms with E-state index in [2.05, 4.69) is 24.3 Å². The highest BCUT2D eigenvalue weighted by Gasteiger charge is 2.30. The molecule has 0 saturated carbocycles. The van der Waals surface area contributed by atoms with E-state index in [0.717, 1.165) is 18.5 Å². The van der Waals surface area contributed by atoms with Crippen LogP contribution in [0.15, 0.2) is 24.3 Å². The third-order valence-corrected chi connectivity index (χ3v) is 3.69. The first kappa shape index (κ1) is 15.8. The molecule has 1 aliphatic heterocycles. The van der Waals surface area contributed by atoms with Crippen LogP contribution in [0.1, 0.15) is 44.2 Å². The molecule has 1 amide bonds. The summed E-state index contributed by atoms with van der Waals surface area (Å²) in [5.74, 6) is 0.376. The van der Waals surface area contributed by atoms with E-state index in [1.165, 1.54) is 5.56 Å². The number of hydrogen-bond acceptors (Lipinski definition) is 3. The van der Waals surface area contributed by atoms with E-state index in [-0.39, 0.29) is 12.7 Å². The smallest absolute Gasteiger partial charge is 0.410 e. The average molecular weight is 291 g/mol. The summed E-state index contributed by atoms with van der Waals surface area (Å²) in [7, 11) is 0. The molecule has 1 aromatic carbocycles. The van der Waals surface area contributed by atoms with Crippen molar-refractivity contribution in [2.24, 2.45) is 0 Å². The Bertz CT molecular complexity index is 476. The number of benzene rings is 1. The first-order chi connectivity index (χ1) is 9.89. The molecular weight excluding hydrogens is 266 g/mol. The van der Waals surface area contributed by atoms with Gasteiger partial charge in [-0.2, -0.15) is 0 Å². The topological polar surface area (TPSA) is 49.8 Å². The Hall–Kier alpha value is -1.55. The van der Waals surface area contributed by atoms with Crippen LogP contribution in [-0.2, 0) is 11.2 Å². The van der Waals surface area contributed by atoms with Gasteiger partial charge in [0.05, 0.1) is 0 Å². The molecular formula is C17H25NO3. The largest absolute Gasteiger partial charge is 0.444 e. The van der Waals surface area contributed by atoms with Gasteiger partial charge in [0.2, 0.25) is 0 Å². The number of carbonyl (C=O) groups excluding carboxylic acids is 1. The Morgan fingerprint density at radius 1 is 1.33 bits per heavy atom. The molecule has 0 aromatic heterocycles. The summed E-state index contributed by atoms with van der Waals surface area (Å²) in [6.07, 6.45) is 1.44. The molecule has 2 rings (SSSR count). The van der Waals surface area contributed by atoms with Gasteiger partial charge >= 0.3 is 6.09 Å². The molecule has 1 saturated heterocycles. The molecule has 0 spiro atoms. The van der Waals surface area contributed by atoms with Crippen molar-refractivity contribution in [2.45, 2.75) is 45.1 Å². The van der Waals surface area contributed by atoms with Crippen molar-refractivity contribution in [3.8, 4) is 0 Å². The fraction of sp³-hybridized carbons (Fsp3) is 0.588. The number of carbonyl (C=O) groups is 1. The normalized spacial score (nSPS) is 18.9. The molecule has 116 valence electrons. The lowest BCUT2D eigenvalue weighted by molar-refractivity contribution is 0.0292. The van der Waals surface area contributed by atoms with E-state index in [9.17, 15) is 4.79 Å². The van der Waals surface area contributed by atoms with Gasteiger partial charge in [0, 0.05) is 25.6 Å². The van der Waals surface area contributed by atoms with Crippen molar-refractivity contribution in [2.75, 3.05) is 19.7 Å². The predicted molar refractivity (Wildman–Crippen MR) is 82.4 cm³/mol. The van der Waals surface area contributed by atoms with Gasteiger partial charge in [-0.05, 0) is 44.7 Å². The maximum atomic E-state index is 12.1. The molecule has 21 heavy (non-hydrogen) atoms. The van der Waals surface area contributed by atoms with E-state index < -0.39 is 5.60 Å². The zero-order valence-corrected chi connectivity index (χ0v) is 13.1. The van der Waals surface area contributed by atoms with Gasteiger partial charge in [0.15, 0.2) is 0 Å². The van der Waals surface area contributed by atoms with Gasteiger partial charge in [-0.3, -0.25) is 0 Å². The van der Waals surface area contributed by atoms with Crippen molar-refractivity contribution in [1.82, 2.24) is 4.90 Å². The minimum Gasteiger partial charge on any atom is -0.444 e. The maximum Gasteiger partial charge on any atom is 0.410 e. The van der Waals surface area contributed by atoms with Crippen LogP contribution in [0.25, 0.3) is 0 Å². The van der Waals surface area contributed by atoms with Crippen molar-refractivity contribution >= 4 is 6.09 Å². The zero-order valence-electron chi connectivity index (χ0n) is 13.1. The van der Waals surface area contributed by atoms with E-state index in [0.29, 0.717) is 18.9 Å². The van der Waals surface area contributed by atoms with Crippen molar-refractivity contribution in [1.29, 1.82) is 0 Å². The van der Waals surface area contributed by atoms with Crippen LogP contribution in [-0.4, -0.2) is 41.4 Å². The van der Waals surface area contributed by atoms with Crippen LogP contribution >= 0.6 is 0 Å². The quantitative estimate of drug-likeness (QED) is 0.931. The number of aliphatic hydroxyl groups excluding tert-OH is 1. The third-order valence-electron chi connectivity index (χ3n) is 3.69. The monoisotopic (exact) mass is 291 g/mol. The molecule has 4 heteroatoms. The fourth-order valence-corrected chi connectivity index (χ4v) is 2.61. The van der Waals surface area contributed by atoms with Crippen LogP contribution in [0.3, 0.4) is 0 Å². The first-order valence-electron chi connectivity index (χ1n) is 7.56. The van der Waals surface area contributed by atoms with E-state index >= 15 is 0 Å². The Morgan fingerprint density at radius 3 is 2.57 bits per heavy atom. The molecule has 4 nitrogen and oxygen atoms in total. The summed E-state index contributed by atoms with van der Waals surface area (Å²) in [4.78, 5) is 13.8. The molecule has 1 aromatic rings. The van der Waals surface area contributed by atoms with Crippen molar-refractivity contribution < 1.29 is 14.6 Å². The second-order valence-corrected chi connectivity index (χ2v) is 6.63. The van der Waals surface area contributed by atoms with Crippen LogP contribution in [0.4, 0.5) is 4.79 Å². The highest BCUT2D eigenvalue weighted by molar-refractivity contribution is 5.68. The van der Waals surface area contributed by atoms with Gasteiger partial charge in [0.1, 0.15) is 5.60 Å². The number of likely N-dealkylation sites (tertiary alicyclic amines) is 1. The molecule has 0 aliphatic carbocycles. The minimum absolute atomic E-state index is 0.176.